The molecule has 0 unspecified atom stereocenters. The van der Waals surface area contributed by atoms with Gasteiger partial charge >= 0.3 is 0 Å². The molecule has 0 aromatic heterocycles. The van der Waals surface area contributed by atoms with Gasteiger partial charge in [-0.2, -0.15) is 0 Å². The lowest BCUT2D eigenvalue weighted by Crippen LogP contribution is -3.00. The van der Waals surface area contributed by atoms with Gasteiger partial charge in [-0.15, -0.1) is 0 Å². The molecule has 1 N–H and O–H groups in total. The quantitative estimate of drug-likeness (QED) is 0.301. The molecule has 0 amide bonds. The standard InChI is InChI=1S/C32H32NO2.BrH/c34-30(27-16-15-25-9-7-8-10-26(25)23-27)24-33-20-17-31(18-21-33,19-22-33)32(35,28-11-3-1-4-12-28)29-13-5-2-6-14-29;/h1-16,23,35H,17-22,24H2;1H/q+1;/p-1. The highest BCUT2D eigenvalue weighted by Gasteiger charge is 2.60. The van der Waals surface area contributed by atoms with Gasteiger partial charge in [-0.25, -0.2) is 0 Å². The maximum Gasteiger partial charge on any atom is 0.216 e. The molecule has 0 atom stereocenters. The summed E-state index contributed by atoms with van der Waals surface area (Å²) >= 11 is 0. The molecule has 4 heteroatoms. The highest BCUT2D eigenvalue weighted by molar-refractivity contribution is 6.00. The monoisotopic (exact) mass is 541 g/mol. The van der Waals surface area contributed by atoms with Crippen molar-refractivity contribution >= 4 is 16.6 Å². The molecule has 0 saturated carbocycles. The summed E-state index contributed by atoms with van der Waals surface area (Å²) in [6, 6.07) is 34.6. The van der Waals surface area contributed by atoms with Gasteiger partial charge in [-0.3, -0.25) is 4.79 Å². The Morgan fingerprint density at radius 3 is 1.78 bits per heavy atom. The normalized spacial score (nSPS) is 23.2. The summed E-state index contributed by atoms with van der Waals surface area (Å²) in [5.41, 5.74) is 1.50. The van der Waals surface area contributed by atoms with E-state index >= 15 is 0 Å². The summed E-state index contributed by atoms with van der Waals surface area (Å²) in [5, 5.41) is 14.8. The number of halogens is 1. The van der Waals surface area contributed by atoms with E-state index in [9.17, 15) is 9.90 Å². The van der Waals surface area contributed by atoms with Gasteiger partial charge in [0.2, 0.25) is 5.78 Å². The number of Topliss-reactive ketones (excluding diaryl/α,β-unsaturated/α-hetero) is 1. The molecule has 2 bridgehead atoms. The lowest BCUT2D eigenvalue weighted by atomic mass is 9.56. The van der Waals surface area contributed by atoms with Gasteiger partial charge in [0.05, 0.1) is 19.6 Å². The molecule has 0 aliphatic carbocycles. The van der Waals surface area contributed by atoms with Crippen LogP contribution in [0.25, 0.3) is 10.8 Å². The minimum Gasteiger partial charge on any atom is -1.00 e. The van der Waals surface area contributed by atoms with E-state index in [2.05, 4.69) is 42.5 Å². The summed E-state index contributed by atoms with van der Waals surface area (Å²) in [7, 11) is 0. The van der Waals surface area contributed by atoms with Crippen molar-refractivity contribution in [3.8, 4) is 0 Å². The maximum absolute atomic E-state index is 13.4. The molecule has 3 nitrogen and oxygen atoms in total. The summed E-state index contributed by atoms with van der Waals surface area (Å²) < 4.78 is 0.840. The van der Waals surface area contributed by atoms with Gasteiger partial charge in [-0.1, -0.05) is 97.1 Å². The van der Waals surface area contributed by atoms with E-state index in [0.717, 1.165) is 70.8 Å². The third-order valence-corrected chi connectivity index (χ3v) is 8.90. The highest BCUT2D eigenvalue weighted by atomic mass is 79.9. The molecule has 4 aromatic rings. The summed E-state index contributed by atoms with van der Waals surface area (Å²) in [6.07, 6.45) is 2.74. The average molecular weight is 543 g/mol. The molecule has 0 radical (unpaired) electrons. The maximum atomic E-state index is 13.4. The van der Waals surface area contributed by atoms with Crippen LogP contribution in [0.5, 0.6) is 0 Å². The second kappa shape index (κ2) is 9.59. The van der Waals surface area contributed by atoms with Crippen LogP contribution in [0.2, 0.25) is 0 Å². The fourth-order valence-electron chi connectivity index (χ4n) is 6.74. The number of fused-ring (bicyclic) bond motifs is 4. The van der Waals surface area contributed by atoms with Crippen molar-refractivity contribution in [1.82, 2.24) is 0 Å². The molecule has 3 heterocycles. The molecule has 3 aliphatic rings. The molecule has 7 rings (SSSR count). The van der Waals surface area contributed by atoms with Gasteiger partial charge in [-0.05, 0) is 28.0 Å². The molecule has 36 heavy (non-hydrogen) atoms. The van der Waals surface area contributed by atoms with E-state index in [1.165, 1.54) is 0 Å². The number of benzene rings is 4. The third kappa shape index (κ3) is 4.02. The van der Waals surface area contributed by atoms with Crippen LogP contribution in [0.15, 0.2) is 103 Å². The van der Waals surface area contributed by atoms with E-state index in [1.54, 1.807) is 0 Å². The van der Waals surface area contributed by atoms with Crippen molar-refractivity contribution in [2.24, 2.45) is 5.41 Å². The fourth-order valence-corrected chi connectivity index (χ4v) is 6.74. The summed E-state index contributed by atoms with van der Waals surface area (Å²) in [5.74, 6) is 0.228. The zero-order valence-corrected chi connectivity index (χ0v) is 22.0. The van der Waals surface area contributed by atoms with Crippen LogP contribution in [-0.2, 0) is 5.60 Å². The minimum atomic E-state index is -1.03. The van der Waals surface area contributed by atoms with Crippen LogP contribution in [0.4, 0.5) is 0 Å². The molecule has 3 aliphatic heterocycles. The second-order valence-electron chi connectivity index (χ2n) is 10.6. The van der Waals surface area contributed by atoms with Crippen molar-refractivity contribution in [2.75, 3.05) is 26.2 Å². The molecule has 184 valence electrons. The Morgan fingerprint density at radius 1 is 0.722 bits per heavy atom. The van der Waals surface area contributed by atoms with E-state index in [0.29, 0.717) is 6.54 Å². The smallest absolute Gasteiger partial charge is 0.216 e. The Kier molecular flexibility index (Phi) is 6.63. The Labute approximate surface area is 223 Å². The number of aliphatic hydroxyl groups is 1. The van der Waals surface area contributed by atoms with Gasteiger partial charge in [0.1, 0.15) is 12.1 Å². The molecule has 3 saturated heterocycles. The second-order valence-corrected chi connectivity index (χ2v) is 10.6. The first-order chi connectivity index (χ1) is 17.0. The van der Waals surface area contributed by atoms with Gasteiger partial charge in [0.15, 0.2) is 0 Å². The zero-order chi connectivity index (χ0) is 23.9. The van der Waals surface area contributed by atoms with E-state index in [4.69, 9.17) is 0 Å². The number of piperidine rings is 3. The average Bonchev–Trinajstić information content (AvgIpc) is 2.94. The molecule has 4 aromatic carbocycles. The predicted molar refractivity (Wildman–Crippen MR) is 140 cm³/mol. The van der Waals surface area contributed by atoms with Crippen LogP contribution < -0.4 is 17.0 Å². The van der Waals surface area contributed by atoms with Crippen LogP contribution >= 0.6 is 0 Å². The lowest BCUT2D eigenvalue weighted by molar-refractivity contribution is -0.938. The van der Waals surface area contributed by atoms with Gasteiger partial charge in [0.25, 0.3) is 0 Å². The van der Waals surface area contributed by atoms with Crippen LogP contribution in [0.3, 0.4) is 0 Å². The van der Waals surface area contributed by atoms with Gasteiger partial charge in [0, 0.05) is 30.2 Å². The van der Waals surface area contributed by atoms with E-state index < -0.39 is 5.60 Å². The Morgan fingerprint density at radius 2 is 1.22 bits per heavy atom. The first kappa shape index (κ1) is 24.9. The van der Waals surface area contributed by atoms with E-state index in [-0.39, 0.29) is 28.2 Å². The van der Waals surface area contributed by atoms with Crippen molar-refractivity contribution in [3.63, 3.8) is 0 Å². The predicted octanol–water partition coefficient (Wildman–Crippen LogP) is 2.96. The lowest BCUT2D eigenvalue weighted by Gasteiger charge is -2.59. The Balaban J connectivity index is 0.00000267. The van der Waals surface area contributed by atoms with Crippen LogP contribution in [-0.4, -0.2) is 41.6 Å². The first-order valence-electron chi connectivity index (χ1n) is 12.7. The molecule has 3 fully saturated rings. The van der Waals surface area contributed by atoms with E-state index in [1.807, 2.05) is 60.7 Å². The number of hydrogen-bond acceptors (Lipinski definition) is 2. The Bertz CT molecular complexity index is 1300. The van der Waals surface area contributed by atoms with Crippen LogP contribution in [0.1, 0.15) is 40.7 Å². The number of ketones is 1. The van der Waals surface area contributed by atoms with Crippen molar-refractivity contribution in [1.29, 1.82) is 0 Å². The Hall–Kier alpha value is -2.79. The number of carbonyl (C=O) groups excluding carboxylic acids is 1. The SMILES string of the molecule is O=C(C[N+]12CCC(C(O)(c3ccccc3)c3ccccc3)(CC1)CC2)c1ccc2ccccc2c1.[Br-]. The number of hydrogen-bond donors (Lipinski definition) is 1. The number of nitrogens with zero attached hydrogens (tertiary/aromatic N) is 1. The number of carbonyl (C=O) groups is 1. The molecule has 0 spiro atoms. The molecular formula is C32H32BrNO2. The molecular weight excluding hydrogens is 510 g/mol. The van der Waals surface area contributed by atoms with Crippen molar-refractivity contribution < 1.29 is 31.4 Å². The summed E-state index contributed by atoms with van der Waals surface area (Å²) in [4.78, 5) is 13.4. The number of rotatable bonds is 6. The third-order valence-electron chi connectivity index (χ3n) is 8.90. The zero-order valence-electron chi connectivity index (χ0n) is 20.4. The minimum absolute atomic E-state index is 0. The van der Waals surface area contributed by atoms with Crippen molar-refractivity contribution in [3.05, 3.63) is 120 Å². The van der Waals surface area contributed by atoms with Crippen molar-refractivity contribution in [2.45, 2.75) is 24.9 Å². The largest absolute Gasteiger partial charge is 1.00 e. The van der Waals surface area contributed by atoms with Gasteiger partial charge < -0.3 is 26.6 Å². The number of quaternary nitrogens is 1. The highest BCUT2D eigenvalue weighted by Crippen LogP contribution is 2.57. The fraction of sp³-hybridized carbons (Fsp3) is 0.281. The first-order valence-corrected chi connectivity index (χ1v) is 12.7. The summed E-state index contributed by atoms with van der Waals surface area (Å²) in [6.45, 7) is 3.34. The topological polar surface area (TPSA) is 37.3 Å². The van der Waals surface area contributed by atoms with Crippen LogP contribution in [0, 0.1) is 5.41 Å².